The molecule has 0 fully saturated rings. The first-order valence-corrected chi connectivity index (χ1v) is 5.73. The molecule has 0 saturated heterocycles. The first-order chi connectivity index (χ1) is 6.99. The third-order valence-electron chi connectivity index (χ3n) is 1.46. The van der Waals surface area contributed by atoms with E-state index in [9.17, 15) is 4.79 Å². The van der Waals surface area contributed by atoms with Gasteiger partial charge in [0.25, 0.3) is 0 Å². The van der Waals surface area contributed by atoms with E-state index in [4.69, 9.17) is 28.0 Å². The maximum Gasteiger partial charge on any atom is 0.345 e. The molecule has 15 heavy (non-hydrogen) atoms. The Balaban J connectivity index is 2.61. The van der Waals surface area contributed by atoms with E-state index < -0.39 is 5.97 Å². The van der Waals surface area contributed by atoms with Gasteiger partial charge in [-0.3, -0.25) is 0 Å². The molecule has 0 heterocycles. The van der Waals surface area contributed by atoms with Gasteiger partial charge in [0.15, 0.2) is 0 Å². The van der Waals surface area contributed by atoms with Gasteiger partial charge in [0.2, 0.25) is 0 Å². The van der Waals surface area contributed by atoms with Gasteiger partial charge in [0.1, 0.15) is 4.83 Å². The molecule has 0 radical (unpaired) electrons. The van der Waals surface area contributed by atoms with Crippen LogP contribution in [0.25, 0.3) is 0 Å². The summed E-state index contributed by atoms with van der Waals surface area (Å²) in [6.07, 6.45) is 0. The fraction of sp³-hybridized carbons (Fsp3) is 0.222. The van der Waals surface area contributed by atoms with Gasteiger partial charge in [-0.1, -0.05) is 39.1 Å². The number of carbonyl (C=O) groups is 1. The van der Waals surface area contributed by atoms with Crippen LogP contribution in [0.1, 0.15) is 6.92 Å². The van der Waals surface area contributed by atoms with Crippen LogP contribution in [-0.2, 0) is 9.63 Å². The van der Waals surface area contributed by atoms with E-state index in [1.165, 1.54) is 0 Å². The number of halogens is 3. The summed E-state index contributed by atoms with van der Waals surface area (Å²) in [6, 6.07) is 4.78. The normalized spacial score (nSPS) is 12.0. The van der Waals surface area contributed by atoms with Gasteiger partial charge in [-0.15, -0.1) is 0 Å². The smallest absolute Gasteiger partial charge is 0.342 e. The van der Waals surface area contributed by atoms with Gasteiger partial charge in [-0.2, -0.15) is 0 Å². The zero-order valence-corrected chi connectivity index (χ0v) is 10.9. The molecule has 0 spiro atoms. The SMILES string of the molecule is CC(Br)C(=O)ONc1cc(Cl)cc(Cl)c1. The molecule has 0 aliphatic carbocycles. The third kappa shape index (κ3) is 4.28. The largest absolute Gasteiger partial charge is 0.345 e. The van der Waals surface area contributed by atoms with Gasteiger partial charge in [-0.05, 0) is 25.1 Å². The molecule has 0 saturated carbocycles. The Morgan fingerprint density at radius 1 is 1.40 bits per heavy atom. The lowest BCUT2D eigenvalue weighted by atomic mass is 10.3. The Bertz CT molecular complexity index is 351. The van der Waals surface area contributed by atoms with Gasteiger partial charge in [0.05, 0.1) is 5.69 Å². The van der Waals surface area contributed by atoms with Crippen molar-refractivity contribution in [3.63, 3.8) is 0 Å². The predicted octanol–water partition coefficient (Wildman–Crippen LogP) is 3.65. The number of rotatable bonds is 3. The fourth-order valence-electron chi connectivity index (χ4n) is 0.803. The lowest BCUT2D eigenvalue weighted by Gasteiger charge is -2.08. The second kappa shape index (κ2) is 5.58. The Kier molecular flexibility index (Phi) is 4.70. The summed E-state index contributed by atoms with van der Waals surface area (Å²) in [4.78, 5) is 15.5. The Hall–Kier alpha value is -0.450. The highest BCUT2D eigenvalue weighted by molar-refractivity contribution is 9.10. The van der Waals surface area contributed by atoms with Gasteiger partial charge in [0, 0.05) is 10.0 Å². The van der Waals surface area contributed by atoms with Crippen LogP contribution in [0.2, 0.25) is 10.0 Å². The van der Waals surface area contributed by atoms with Crippen molar-refractivity contribution in [2.45, 2.75) is 11.8 Å². The summed E-state index contributed by atoms with van der Waals surface area (Å²) in [5, 5.41) is 0.931. The van der Waals surface area contributed by atoms with Crippen LogP contribution in [0, 0.1) is 0 Å². The maximum atomic E-state index is 11.1. The third-order valence-corrected chi connectivity index (χ3v) is 2.27. The lowest BCUT2D eigenvalue weighted by molar-refractivity contribution is -0.139. The van der Waals surface area contributed by atoms with Crippen molar-refractivity contribution in [2.75, 3.05) is 5.48 Å². The number of alkyl halides is 1. The molecule has 1 N–H and O–H groups in total. The predicted molar refractivity (Wildman–Crippen MR) is 64.6 cm³/mol. The van der Waals surface area contributed by atoms with Gasteiger partial charge < -0.3 is 4.84 Å². The zero-order chi connectivity index (χ0) is 11.4. The van der Waals surface area contributed by atoms with Crippen molar-refractivity contribution >= 4 is 50.8 Å². The van der Waals surface area contributed by atoms with Crippen LogP contribution in [0.5, 0.6) is 0 Å². The number of benzene rings is 1. The molecule has 0 bridgehead atoms. The van der Waals surface area contributed by atoms with Gasteiger partial charge in [-0.25, -0.2) is 10.3 Å². The number of nitrogens with one attached hydrogen (secondary N) is 1. The van der Waals surface area contributed by atoms with Crippen molar-refractivity contribution in [1.82, 2.24) is 0 Å². The van der Waals surface area contributed by atoms with Crippen LogP contribution in [-0.4, -0.2) is 10.8 Å². The molecular weight excluding hydrogens is 305 g/mol. The Morgan fingerprint density at radius 2 is 1.93 bits per heavy atom. The molecule has 1 aromatic rings. The van der Waals surface area contributed by atoms with Crippen LogP contribution in [0.3, 0.4) is 0 Å². The Labute approximate surface area is 106 Å². The van der Waals surface area contributed by atoms with E-state index in [1.54, 1.807) is 25.1 Å². The van der Waals surface area contributed by atoms with Crippen molar-refractivity contribution in [3.8, 4) is 0 Å². The fourth-order valence-corrected chi connectivity index (χ4v) is 1.42. The molecule has 1 aromatic carbocycles. The monoisotopic (exact) mass is 311 g/mol. The molecule has 3 nitrogen and oxygen atoms in total. The van der Waals surface area contributed by atoms with Gasteiger partial charge >= 0.3 is 5.97 Å². The topological polar surface area (TPSA) is 38.3 Å². The lowest BCUT2D eigenvalue weighted by Crippen LogP contribution is -2.17. The van der Waals surface area contributed by atoms with Crippen LogP contribution < -0.4 is 5.48 Å². The second-order valence-electron chi connectivity index (χ2n) is 2.80. The first kappa shape index (κ1) is 12.6. The minimum Gasteiger partial charge on any atom is -0.342 e. The molecule has 0 aromatic heterocycles. The molecule has 1 atom stereocenters. The standard InChI is InChI=1S/C9H8BrCl2NO2/c1-5(10)9(14)15-13-8-3-6(11)2-7(12)4-8/h2-5,13H,1H3. The van der Waals surface area contributed by atoms with E-state index >= 15 is 0 Å². The molecule has 0 amide bonds. The summed E-state index contributed by atoms with van der Waals surface area (Å²) in [7, 11) is 0. The van der Waals surface area contributed by atoms with E-state index in [2.05, 4.69) is 21.4 Å². The highest BCUT2D eigenvalue weighted by atomic mass is 79.9. The van der Waals surface area contributed by atoms with Crippen LogP contribution in [0.15, 0.2) is 18.2 Å². The first-order valence-electron chi connectivity index (χ1n) is 4.06. The van der Waals surface area contributed by atoms with Crippen molar-refractivity contribution in [1.29, 1.82) is 0 Å². The summed E-state index contributed by atoms with van der Waals surface area (Å²) >= 11 is 14.6. The minimum absolute atomic E-state index is 0.375. The van der Waals surface area contributed by atoms with E-state index in [-0.39, 0.29) is 4.83 Å². The molecular formula is C9H8BrCl2NO2. The zero-order valence-electron chi connectivity index (χ0n) is 7.76. The van der Waals surface area contributed by atoms with E-state index in [0.717, 1.165) is 0 Å². The van der Waals surface area contributed by atoms with Crippen molar-refractivity contribution in [2.24, 2.45) is 0 Å². The summed E-state index contributed by atoms with van der Waals surface area (Å²) in [5.74, 6) is -0.425. The van der Waals surface area contributed by atoms with Crippen molar-refractivity contribution in [3.05, 3.63) is 28.2 Å². The molecule has 82 valence electrons. The average Bonchev–Trinajstić information content (AvgIpc) is 2.12. The molecule has 0 aliphatic heterocycles. The number of carbonyl (C=O) groups excluding carboxylic acids is 1. The Morgan fingerprint density at radius 3 is 2.40 bits per heavy atom. The van der Waals surface area contributed by atoms with Crippen LogP contribution in [0.4, 0.5) is 5.69 Å². The average molecular weight is 313 g/mol. The number of hydrogen-bond donors (Lipinski definition) is 1. The molecule has 1 rings (SSSR count). The summed E-state index contributed by atoms with van der Waals surface area (Å²) in [6.45, 7) is 1.66. The molecule has 0 aliphatic rings. The van der Waals surface area contributed by atoms with Crippen molar-refractivity contribution < 1.29 is 9.63 Å². The van der Waals surface area contributed by atoms with E-state index in [0.29, 0.717) is 15.7 Å². The second-order valence-corrected chi connectivity index (χ2v) is 5.04. The summed E-state index contributed by atoms with van der Waals surface area (Å²) < 4.78 is 0. The highest BCUT2D eigenvalue weighted by Crippen LogP contribution is 2.22. The molecule has 1 unspecified atom stereocenters. The quantitative estimate of drug-likeness (QED) is 0.684. The molecule has 6 heteroatoms. The van der Waals surface area contributed by atoms with E-state index in [1.807, 2.05) is 0 Å². The number of hydrogen-bond acceptors (Lipinski definition) is 3. The van der Waals surface area contributed by atoms with Crippen LogP contribution >= 0.6 is 39.1 Å². The highest BCUT2D eigenvalue weighted by Gasteiger charge is 2.10. The maximum absolute atomic E-state index is 11.1. The number of anilines is 1. The minimum atomic E-state index is -0.425. The summed E-state index contributed by atoms with van der Waals surface area (Å²) in [5.41, 5.74) is 2.98.